The molecular weight excluding hydrogens is 192 g/mol. The first-order chi connectivity index (χ1) is 5.79. The van der Waals surface area contributed by atoms with E-state index in [9.17, 15) is 8.42 Å². The quantitative estimate of drug-likeness (QED) is 0.633. The van der Waals surface area contributed by atoms with Gasteiger partial charge in [0, 0.05) is 13.0 Å². The molecule has 13 heavy (non-hydrogen) atoms. The van der Waals surface area contributed by atoms with Crippen molar-refractivity contribution in [1.29, 1.82) is 0 Å². The third-order valence-electron chi connectivity index (χ3n) is 1.96. The van der Waals surface area contributed by atoms with Gasteiger partial charge in [0.25, 0.3) is 10.1 Å². The number of rotatable bonds is 2. The van der Waals surface area contributed by atoms with E-state index in [1.807, 2.05) is 13.8 Å². The van der Waals surface area contributed by atoms with Crippen molar-refractivity contribution < 1.29 is 17.3 Å². The highest BCUT2D eigenvalue weighted by Gasteiger charge is 2.31. The Morgan fingerprint density at radius 2 is 2.08 bits per heavy atom. The van der Waals surface area contributed by atoms with Crippen LogP contribution in [0.1, 0.15) is 26.7 Å². The molecule has 78 valence electrons. The summed E-state index contributed by atoms with van der Waals surface area (Å²) in [5.41, 5.74) is -0.270. The number of hydrogen-bond acceptors (Lipinski definition) is 4. The summed E-state index contributed by atoms with van der Waals surface area (Å²) in [6.07, 6.45) is 2.13. The molecule has 0 aliphatic carbocycles. The summed E-state index contributed by atoms with van der Waals surface area (Å²) in [6, 6.07) is 0. The molecule has 0 unspecified atom stereocenters. The largest absolute Gasteiger partial charge is 0.375 e. The van der Waals surface area contributed by atoms with Gasteiger partial charge in [-0.15, -0.1) is 0 Å². The molecule has 5 heteroatoms. The van der Waals surface area contributed by atoms with E-state index in [-0.39, 0.29) is 11.7 Å². The molecule has 0 bridgehead atoms. The van der Waals surface area contributed by atoms with Crippen LogP contribution in [0.25, 0.3) is 0 Å². The summed E-state index contributed by atoms with van der Waals surface area (Å²) < 4.78 is 32.0. The fraction of sp³-hybridized carbons (Fsp3) is 1.00. The van der Waals surface area contributed by atoms with Gasteiger partial charge in [-0.3, -0.25) is 4.18 Å². The third-order valence-corrected chi connectivity index (χ3v) is 2.58. The lowest BCUT2D eigenvalue weighted by Gasteiger charge is -2.34. The van der Waals surface area contributed by atoms with Gasteiger partial charge < -0.3 is 4.74 Å². The number of ether oxygens (including phenoxy) is 1. The molecule has 0 aromatic rings. The van der Waals surface area contributed by atoms with E-state index in [0.717, 1.165) is 6.26 Å². The van der Waals surface area contributed by atoms with E-state index < -0.39 is 10.1 Å². The molecule has 0 saturated carbocycles. The van der Waals surface area contributed by atoms with Gasteiger partial charge in [0.15, 0.2) is 0 Å². The van der Waals surface area contributed by atoms with E-state index in [4.69, 9.17) is 8.92 Å². The molecule has 0 aromatic heterocycles. The molecule has 1 aliphatic rings. The molecule has 0 N–H and O–H groups in total. The van der Waals surface area contributed by atoms with Crippen LogP contribution in [0.5, 0.6) is 0 Å². The van der Waals surface area contributed by atoms with Crippen molar-refractivity contribution >= 4 is 10.1 Å². The van der Waals surface area contributed by atoms with Gasteiger partial charge in [0.05, 0.1) is 18.0 Å². The Labute approximate surface area is 79.3 Å². The Kier molecular flexibility index (Phi) is 2.99. The summed E-state index contributed by atoms with van der Waals surface area (Å²) in [5.74, 6) is 0. The van der Waals surface area contributed by atoms with Crippen molar-refractivity contribution in [2.45, 2.75) is 38.4 Å². The summed E-state index contributed by atoms with van der Waals surface area (Å²) in [5, 5.41) is 0. The second kappa shape index (κ2) is 3.55. The van der Waals surface area contributed by atoms with E-state index in [2.05, 4.69) is 0 Å². The van der Waals surface area contributed by atoms with Crippen LogP contribution in [0.3, 0.4) is 0 Å². The predicted molar refractivity (Wildman–Crippen MR) is 49.0 cm³/mol. The molecule has 1 atom stereocenters. The fourth-order valence-electron chi connectivity index (χ4n) is 1.51. The van der Waals surface area contributed by atoms with E-state index in [1.54, 1.807) is 0 Å². The zero-order valence-electron chi connectivity index (χ0n) is 8.24. The van der Waals surface area contributed by atoms with Crippen molar-refractivity contribution in [3.8, 4) is 0 Å². The van der Waals surface area contributed by atoms with Gasteiger partial charge in [0.1, 0.15) is 0 Å². The number of hydrogen-bond donors (Lipinski definition) is 0. The lowest BCUT2D eigenvalue weighted by Crippen LogP contribution is -2.38. The van der Waals surface area contributed by atoms with Crippen LogP contribution in [0, 0.1) is 0 Å². The maximum Gasteiger partial charge on any atom is 0.264 e. The highest BCUT2D eigenvalue weighted by molar-refractivity contribution is 7.86. The summed E-state index contributed by atoms with van der Waals surface area (Å²) >= 11 is 0. The maximum atomic E-state index is 10.8. The van der Waals surface area contributed by atoms with Crippen molar-refractivity contribution in [3.05, 3.63) is 0 Å². The first-order valence-electron chi connectivity index (χ1n) is 4.31. The molecule has 1 saturated heterocycles. The highest BCUT2D eigenvalue weighted by Crippen LogP contribution is 2.26. The van der Waals surface area contributed by atoms with Crippen molar-refractivity contribution in [2.24, 2.45) is 0 Å². The molecule has 1 rings (SSSR count). The molecule has 0 spiro atoms. The Hall–Kier alpha value is -0.130. The maximum absolute atomic E-state index is 10.8. The highest BCUT2D eigenvalue weighted by atomic mass is 32.2. The zero-order chi connectivity index (χ0) is 10.1. The minimum atomic E-state index is -3.33. The Morgan fingerprint density at radius 3 is 2.54 bits per heavy atom. The Bertz CT molecular complexity index is 268. The lowest BCUT2D eigenvalue weighted by atomic mass is 9.96. The van der Waals surface area contributed by atoms with Crippen molar-refractivity contribution in [2.75, 3.05) is 12.9 Å². The standard InChI is InChI=1S/C8H16O4S/c1-8(2)6-7(4-5-11-8)12-13(3,9)10/h7H,4-6H2,1-3H3/t7-/m0/s1. The Morgan fingerprint density at radius 1 is 1.46 bits per heavy atom. The van der Waals surface area contributed by atoms with Crippen LogP contribution in [0.2, 0.25) is 0 Å². The van der Waals surface area contributed by atoms with Gasteiger partial charge in [-0.2, -0.15) is 8.42 Å². The third kappa shape index (κ3) is 4.06. The van der Waals surface area contributed by atoms with Crippen LogP contribution in [-0.2, 0) is 19.0 Å². The smallest absolute Gasteiger partial charge is 0.264 e. The SMILES string of the molecule is CC1(C)C[C@@H](OS(C)(=O)=O)CCO1. The van der Waals surface area contributed by atoms with Crippen molar-refractivity contribution in [3.63, 3.8) is 0 Å². The van der Waals surface area contributed by atoms with Crippen LogP contribution < -0.4 is 0 Å². The minimum absolute atomic E-state index is 0.223. The van der Waals surface area contributed by atoms with Crippen LogP contribution in [0.4, 0.5) is 0 Å². The predicted octanol–water partition coefficient (Wildman–Crippen LogP) is 0.920. The molecule has 0 aromatic carbocycles. The first kappa shape index (κ1) is 10.9. The lowest BCUT2D eigenvalue weighted by molar-refractivity contribution is -0.0882. The Balaban J connectivity index is 2.53. The topological polar surface area (TPSA) is 52.6 Å². The molecule has 1 fully saturated rings. The molecule has 4 nitrogen and oxygen atoms in total. The van der Waals surface area contributed by atoms with Gasteiger partial charge in [-0.25, -0.2) is 0 Å². The molecule has 0 radical (unpaired) electrons. The van der Waals surface area contributed by atoms with Crippen LogP contribution >= 0.6 is 0 Å². The monoisotopic (exact) mass is 208 g/mol. The van der Waals surface area contributed by atoms with E-state index in [0.29, 0.717) is 19.4 Å². The van der Waals surface area contributed by atoms with Gasteiger partial charge in [0.2, 0.25) is 0 Å². The first-order valence-corrected chi connectivity index (χ1v) is 6.12. The van der Waals surface area contributed by atoms with Crippen LogP contribution in [0.15, 0.2) is 0 Å². The second-order valence-electron chi connectivity index (χ2n) is 4.02. The molecule has 0 amide bonds. The van der Waals surface area contributed by atoms with Gasteiger partial charge in [-0.1, -0.05) is 0 Å². The summed E-state index contributed by atoms with van der Waals surface area (Å²) in [7, 11) is -3.33. The van der Waals surface area contributed by atoms with E-state index in [1.165, 1.54) is 0 Å². The van der Waals surface area contributed by atoms with Gasteiger partial charge in [-0.05, 0) is 20.3 Å². The minimum Gasteiger partial charge on any atom is -0.375 e. The van der Waals surface area contributed by atoms with Crippen LogP contribution in [-0.4, -0.2) is 33.0 Å². The average molecular weight is 208 g/mol. The van der Waals surface area contributed by atoms with Gasteiger partial charge >= 0.3 is 0 Å². The zero-order valence-corrected chi connectivity index (χ0v) is 9.06. The van der Waals surface area contributed by atoms with E-state index >= 15 is 0 Å². The normalized spacial score (nSPS) is 28.7. The average Bonchev–Trinajstić information content (AvgIpc) is 1.79. The second-order valence-corrected chi connectivity index (χ2v) is 5.62. The molecular formula is C8H16O4S. The van der Waals surface area contributed by atoms with Crippen molar-refractivity contribution in [1.82, 2.24) is 0 Å². The molecule has 1 heterocycles. The summed E-state index contributed by atoms with van der Waals surface area (Å²) in [4.78, 5) is 0. The fourth-order valence-corrected chi connectivity index (χ4v) is 2.16. The molecule has 1 aliphatic heterocycles. The summed E-state index contributed by atoms with van der Waals surface area (Å²) in [6.45, 7) is 4.43.